The van der Waals surface area contributed by atoms with Crippen molar-refractivity contribution in [3.8, 4) is 0 Å². The molecule has 0 bridgehead atoms. The Balaban J connectivity index is 2.63. The molecule has 0 radical (unpaired) electrons. The maximum Gasteiger partial charge on any atom is 0.120 e. The van der Waals surface area contributed by atoms with Crippen LogP contribution in [-0.2, 0) is 0 Å². The highest BCUT2D eigenvalue weighted by atomic mass is 127. The fraction of sp³-hybridized carbons (Fsp3) is 1.00. The number of hydrazine groups is 1. The summed E-state index contributed by atoms with van der Waals surface area (Å²) in [6.45, 7) is 4.38. The van der Waals surface area contributed by atoms with Crippen LogP contribution in [-0.4, -0.2) is 40.7 Å². The van der Waals surface area contributed by atoms with E-state index in [0.29, 0.717) is 13.1 Å². The van der Waals surface area contributed by atoms with Gasteiger partial charge in [-0.3, -0.25) is 0 Å². The first-order valence-electron chi connectivity index (χ1n) is 4.86. The van der Waals surface area contributed by atoms with Crippen LogP contribution in [0.4, 0.5) is 8.78 Å². The van der Waals surface area contributed by atoms with E-state index in [0.717, 1.165) is 0 Å². The van der Waals surface area contributed by atoms with Crippen LogP contribution in [0.5, 0.6) is 0 Å². The minimum atomic E-state index is -1.06. The average molecular weight is 318 g/mol. The Morgan fingerprint density at radius 3 is 2.00 bits per heavy atom. The predicted octanol–water partition coefficient (Wildman–Crippen LogP) is 2.45. The van der Waals surface area contributed by atoms with E-state index in [9.17, 15) is 8.78 Å². The highest BCUT2D eigenvalue weighted by molar-refractivity contribution is 14.1. The fourth-order valence-electron chi connectivity index (χ4n) is 2.01. The third-order valence-electron chi connectivity index (χ3n) is 2.77. The molecule has 84 valence electrons. The van der Waals surface area contributed by atoms with Gasteiger partial charge in [-0.25, -0.2) is 13.8 Å². The van der Waals surface area contributed by atoms with E-state index in [1.165, 1.54) is 0 Å². The Bertz CT molecular complexity index is 178. The molecule has 2 nitrogen and oxygen atoms in total. The number of hydrogen-bond donors (Lipinski definition) is 0. The summed E-state index contributed by atoms with van der Waals surface area (Å²) >= 11 is 2.03. The largest absolute Gasteiger partial charge is 0.246 e. The van der Waals surface area contributed by atoms with E-state index in [-0.39, 0.29) is 5.92 Å². The van der Waals surface area contributed by atoms with Crippen LogP contribution in [0.2, 0.25) is 0 Å². The molecule has 0 aromatic heterocycles. The van der Waals surface area contributed by atoms with Gasteiger partial charge in [-0.05, 0) is 5.92 Å². The van der Waals surface area contributed by atoms with Gasteiger partial charge in [0.1, 0.15) is 12.3 Å². The molecule has 1 saturated heterocycles. The molecule has 1 rings (SSSR count). The molecule has 0 N–H and O–H groups in total. The van der Waals surface area contributed by atoms with Crippen molar-refractivity contribution in [2.24, 2.45) is 11.8 Å². The summed E-state index contributed by atoms with van der Waals surface area (Å²) in [5.74, 6) is -0.371. The zero-order valence-corrected chi connectivity index (χ0v) is 10.9. The van der Waals surface area contributed by atoms with E-state index < -0.39 is 18.3 Å². The van der Waals surface area contributed by atoms with Crippen LogP contribution in [0.25, 0.3) is 0 Å². The molecule has 0 amide bonds. The lowest BCUT2D eigenvalue weighted by Crippen LogP contribution is -2.53. The molecule has 0 aliphatic carbocycles. The minimum absolute atomic E-state index is 0.0710. The Morgan fingerprint density at radius 1 is 1.29 bits per heavy atom. The van der Waals surface area contributed by atoms with Gasteiger partial charge in [0.05, 0.1) is 0 Å². The van der Waals surface area contributed by atoms with Crippen molar-refractivity contribution in [1.82, 2.24) is 8.23 Å². The summed E-state index contributed by atoms with van der Waals surface area (Å²) in [4.78, 5) is 0. The summed E-state index contributed by atoms with van der Waals surface area (Å²) in [7, 11) is 1.80. The average Bonchev–Trinajstić information content (AvgIpc) is 2.01. The smallest absolute Gasteiger partial charge is 0.120 e. The summed E-state index contributed by atoms with van der Waals surface area (Å²) in [6, 6.07) is 0. The van der Waals surface area contributed by atoms with Crippen molar-refractivity contribution >= 4 is 22.9 Å². The Hall–Kier alpha value is 0.510. The third kappa shape index (κ3) is 2.76. The van der Waals surface area contributed by atoms with Crippen molar-refractivity contribution < 1.29 is 8.78 Å². The summed E-state index contributed by atoms with van der Waals surface area (Å²) in [5, 5.41) is 1.70. The quantitative estimate of drug-likeness (QED) is 0.570. The van der Waals surface area contributed by atoms with Gasteiger partial charge in [-0.1, -0.05) is 13.8 Å². The predicted molar refractivity (Wildman–Crippen MR) is 61.5 cm³/mol. The van der Waals surface area contributed by atoms with E-state index in [4.69, 9.17) is 0 Å². The molecule has 0 spiro atoms. The zero-order chi connectivity index (χ0) is 10.9. The second-order valence-electron chi connectivity index (χ2n) is 4.17. The van der Waals surface area contributed by atoms with Gasteiger partial charge < -0.3 is 0 Å². The molecule has 14 heavy (non-hydrogen) atoms. The Labute approximate surface area is 98.1 Å². The molecule has 1 aliphatic rings. The van der Waals surface area contributed by atoms with Gasteiger partial charge >= 0.3 is 0 Å². The van der Waals surface area contributed by atoms with E-state index in [1.807, 2.05) is 36.7 Å². The summed E-state index contributed by atoms with van der Waals surface area (Å²) < 4.78 is 29.0. The lowest BCUT2D eigenvalue weighted by atomic mass is 9.84. The molecule has 2 unspecified atom stereocenters. The van der Waals surface area contributed by atoms with Crippen molar-refractivity contribution in [3.05, 3.63) is 0 Å². The van der Waals surface area contributed by atoms with E-state index >= 15 is 0 Å². The maximum absolute atomic E-state index is 13.6. The standard InChI is InChI=1S/C9H17F2IN2/c1-6(2)9-7(10)4-14(13(3)12)5-8(9)11/h6-9H,4-5H2,1-3H3/t7-,8?,9?/m0/s1. The summed E-state index contributed by atoms with van der Waals surface area (Å²) in [6.07, 6.45) is -2.12. The normalized spacial score (nSPS) is 35.6. The second-order valence-corrected chi connectivity index (χ2v) is 5.57. The van der Waals surface area contributed by atoms with Crippen LogP contribution in [0.1, 0.15) is 13.8 Å². The van der Waals surface area contributed by atoms with Gasteiger partial charge in [0, 0.05) is 48.9 Å². The topological polar surface area (TPSA) is 6.48 Å². The number of rotatable bonds is 2. The van der Waals surface area contributed by atoms with E-state index in [2.05, 4.69) is 0 Å². The highest BCUT2D eigenvalue weighted by Gasteiger charge is 2.39. The number of hydrogen-bond acceptors (Lipinski definition) is 2. The monoisotopic (exact) mass is 318 g/mol. The number of nitrogens with zero attached hydrogens (tertiary/aromatic N) is 2. The lowest BCUT2D eigenvalue weighted by Gasteiger charge is -2.40. The van der Waals surface area contributed by atoms with Crippen molar-refractivity contribution in [3.63, 3.8) is 0 Å². The molecule has 1 aliphatic heterocycles. The van der Waals surface area contributed by atoms with Crippen molar-refractivity contribution in [1.29, 1.82) is 0 Å². The Morgan fingerprint density at radius 2 is 1.71 bits per heavy atom. The molecule has 0 aromatic carbocycles. The second kappa shape index (κ2) is 5.03. The molecule has 5 heteroatoms. The minimum Gasteiger partial charge on any atom is -0.246 e. The van der Waals surface area contributed by atoms with Gasteiger partial charge in [0.2, 0.25) is 0 Å². The molecule has 1 fully saturated rings. The van der Waals surface area contributed by atoms with E-state index in [1.54, 1.807) is 15.3 Å². The molecular weight excluding hydrogens is 301 g/mol. The van der Waals surface area contributed by atoms with Crippen molar-refractivity contribution in [2.45, 2.75) is 26.2 Å². The third-order valence-corrected chi connectivity index (χ3v) is 3.38. The molecule has 1 heterocycles. The Kier molecular flexibility index (Phi) is 4.52. The number of piperidine rings is 1. The molecular formula is C9H17F2IN2. The van der Waals surface area contributed by atoms with Crippen LogP contribution < -0.4 is 0 Å². The lowest BCUT2D eigenvalue weighted by molar-refractivity contribution is -0.0513. The van der Waals surface area contributed by atoms with Crippen LogP contribution in [0.3, 0.4) is 0 Å². The van der Waals surface area contributed by atoms with Gasteiger partial charge in [0.25, 0.3) is 0 Å². The van der Waals surface area contributed by atoms with Crippen molar-refractivity contribution in [2.75, 3.05) is 20.1 Å². The highest BCUT2D eigenvalue weighted by Crippen LogP contribution is 2.30. The van der Waals surface area contributed by atoms with Crippen LogP contribution >= 0.6 is 22.9 Å². The zero-order valence-electron chi connectivity index (χ0n) is 8.75. The van der Waals surface area contributed by atoms with Gasteiger partial charge in [0.15, 0.2) is 0 Å². The first-order chi connectivity index (χ1) is 6.43. The fourth-order valence-corrected chi connectivity index (χ4v) is 2.36. The number of alkyl halides is 2. The molecule has 3 atom stereocenters. The van der Waals surface area contributed by atoms with Gasteiger partial charge in [-0.2, -0.15) is 3.22 Å². The number of halogens is 3. The molecule has 0 aromatic rings. The first-order valence-corrected chi connectivity index (χ1v) is 5.82. The maximum atomic E-state index is 13.6. The first kappa shape index (κ1) is 12.6. The summed E-state index contributed by atoms with van der Waals surface area (Å²) in [5.41, 5.74) is 0. The molecule has 0 saturated carbocycles. The van der Waals surface area contributed by atoms with Crippen LogP contribution in [0.15, 0.2) is 0 Å². The van der Waals surface area contributed by atoms with Crippen LogP contribution in [0, 0.1) is 11.8 Å². The SMILES string of the molecule is CC(C)C1C(F)CN(N(C)I)C[C@@H]1F. The van der Waals surface area contributed by atoms with Gasteiger partial charge in [-0.15, -0.1) is 0 Å².